The van der Waals surface area contributed by atoms with Crippen LogP contribution in [-0.2, 0) is 12.1 Å². The molecule has 1 aliphatic heterocycles. The average molecular weight is 368 g/mol. The summed E-state index contributed by atoms with van der Waals surface area (Å²) in [6.45, 7) is 0.689. The smallest absolute Gasteiger partial charge is 0.0694 e. The van der Waals surface area contributed by atoms with Crippen LogP contribution in [0.5, 0.6) is 0 Å². The monoisotopic (exact) mass is 368 g/mol. The first kappa shape index (κ1) is 17.0. The number of pyridine rings is 1. The van der Waals surface area contributed by atoms with Crippen molar-refractivity contribution in [2.45, 2.75) is 31.3 Å². The lowest BCUT2D eigenvalue weighted by atomic mass is 9.73. The quantitative estimate of drug-likeness (QED) is 0.713. The summed E-state index contributed by atoms with van der Waals surface area (Å²) >= 11 is 0. The first-order chi connectivity index (χ1) is 13.6. The number of benzene rings is 2. The molecule has 1 saturated carbocycles. The van der Waals surface area contributed by atoms with E-state index >= 15 is 0 Å². The fourth-order valence-corrected chi connectivity index (χ4v) is 4.17. The third kappa shape index (κ3) is 2.77. The van der Waals surface area contributed by atoms with Gasteiger partial charge >= 0.3 is 0 Å². The van der Waals surface area contributed by atoms with Crippen LogP contribution < -0.4 is 16.4 Å². The van der Waals surface area contributed by atoms with E-state index in [2.05, 4.69) is 64.5 Å². The number of nitrogens with zero attached hydrogens (tertiary/aromatic N) is 2. The molecule has 2 aromatic carbocycles. The Hall–Kier alpha value is -3.11. The van der Waals surface area contributed by atoms with Crippen LogP contribution in [0.2, 0.25) is 0 Å². The van der Waals surface area contributed by atoms with Gasteiger partial charge in [0.1, 0.15) is 0 Å². The highest BCUT2D eigenvalue weighted by Crippen LogP contribution is 2.40. The predicted molar refractivity (Wildman–Crippen MR) is 115 cm³/mol. The Bertz CT molecular complexity index is 1030. The van der Waals surface area contributed by atoms with Gasteiger partial charge in [0.15, 0.2) is 0 Å². The van der Waals surface area contributed by atoms with Crippen LogP contribution in [0, 0.1) is 0 Å². The Morgan fingerprint density at radius 2 is 1.68 bits per heavy atom. The molecule has 28 heavy (non-hydrogen) atoms. The number of hydrogen-bond donors (Lipinski definition) is 2. The maximum absolute atomic E-state index is 6.50. The van der Waals surface area contributed by atoms with Gasteiger partial charge < -0.3 is 16.4 Å². The second-order valence-electron chi connectivity index (χ2n) is 7.80. The van der Waals surface area contributed by atoms with Crippen molar-refractivity contribution in [2.75, 3.05) is 10.6 Å². The normalized spacial score (nSPS) is 17.5. The summed E-state index contributed by atoms with van der Waals surface area (Å²) in [5.74, 6) is 0. The molecule has 0 bridgehead atoms. The summed E-state index contributed by atoms with van der Waals surface area (Å²) in [4.78, 5) is 6.88. The van der Waals surface area contributed by atoms with Crippen LogP contribution in [0.4, 0.5) is 11.4 Å². The number of anilines is 2. The number of nitrogen functional groups attached to an aromatic ring is 1. The number of aromatic nitrogens is 1. The van der Waals surface area contributed by atoms with Crippen molar-refractivity contribution in [1.29, 1.82) is 0 Å². The summed E-state index contributed by atoms with van der Waals surface area (Å²) in [7, 11) is 0. The second kappa shape index (κ2) is 6.50. The minimum absolute atomic E-state index is 0.138. The molecule has 0 unspecified atom stereocenters. The zero-order chi connectivity index (χ0) is 19.1. The molecular weight excluding hydrogens is 344 g/mol. The zero-order valence-electron chi connectivity index (χ0n) is 15.8. The molecule has 1 aliphatic carbocycles. The molecule has 0 spiro atoms. The largest absolute Gasteiger partial charge is 0.398 e. The molecule has 0 atom stereocenters. The third-order valence-corrected chi connectivity index (χ3v) is 6.06. The Kier molecular flexibility index (Phi) is 3.95. The van der Waals surface area contributed by atoms with E-state index in [9.17, 15) is 0 Å². The Labute approximate surface area is 165 Å². The van der Waals surface area contributed by atoms with Gasteiger partial charge in [-0.1, -0.05) is 42.5 Å². The van der Waals surface area contributed by atoms with Crippen molar-refractivity contribution >= 4 is 23.1 Å². The molecule has 2 aliphatic rings. The van der Waals surface area contributed by atoms with E-state index in [4.69, 9.17) is 11.5 Å². The summed E-state index contributed by atoms with van der Waals surface area (Å²) in [6.07, 6.45) is 7.30. The van der Waals surface area contributed by atoms with Crippen molar-refractivity contribution < 1.29 is 0 Å². The summed E-state index contributed by atoms with van der Waals surface area (Å²) in [6, 6.07) is 21.0. The number of fused-ring (bicyclic) bond motifs is 1. The van der Waals surface area contributed by atoms with Gasteiger partial charge in [-0.15, -0.1) is 0 Å². The lowest BCUT2D eigenvalue weighted by Crippen LogP contribution is -2.43. The van der Waals surface area contributed by atoms with Gasteiger partial charge in [0, 0.05) is 34.4 Å². The standard InChI is InChI=1S/C24H24N4/c25-21-11-14-27-22-16-28(23(15-20(21)22)17-5-2-1-3-6-17)19-9-7-18(8-10-19)24(26)12-4-13-24/h1-3,5-11,14-15H,4,12-13,16,26H2,(H2,25,27). The number of rotatable bonds is 3. The molecule has 4 N–H and O–H groups in total. The molecule has 1 aromatic heterocycles. The van der Waals surface area contributed by atoms with E-state index in [0.717, 1.165) is 46.7 Å². The Balaban J connectivity index is 1.58. The first-order valence-electron chi connectivity index (χ1n) is 9.81. The summed E-state index contributed by atoms with van der Waals surface area (Å²) in [5.41, 5.74) is 20.0. The molecule has 4 nitrogen and oxygen atoms in total. The maximum atomic E-state index is 6.50. The molecule has 1 fully saturated rings. The van der Waals surface area contributed by atoms with Gasteiger partial charge in [-0.25, -0.2) is 0 Å². The van der Waals surface area contributed by atoms with Crippen molar-refractivity contribution in [3.63, 3.8) is 0 Å². The van der Waals surface area contributed by atoms with Crippen molar-refractivity contribution in [3.8, 4) is 0 Å². The fourth-order valence-electron chi connectivity index (χ4n) is 4.17. The topological polar surface area (TPSA) is 68.2 Å². The molecule has 0 amide bonds. The number of hydrogen-bond acceptors (Lipinski definition) is 4. The molecular formula is C24H24N4. The van der Waals surface area contributed by atoms with Gasteiger partial charge in [-0.05, 0) is 54.7 Å². The van der Waals surface area contributed by atoms with Crippen LogP contribution in [0.1, 0.15) is 41.6 Å². The SMILES string of the molecule is Nc1ccnc2c1C=C(c1ccccc1)N(c1ccc(C3(N)CCC3)cc1)C2. The van der Waals surface area contributed by atoms with Crippen molar-refractivity contribution in [3.05, 3.63) is 89.2 Å². The molecule has 4 heteroatoms. The minimum atomic E-state index is -0.138. The number of nitrogens with two attached hydrogens (primary N) is 2. The average Bonchev–Trinajstić information content (AvgIpc) is 2.72. The lowest BCUT2D eigenvalue weighted by molar-refractivity contribution is 0.253. The molecule has 2 heterocycles. The molecule has 140 valence electrons. The molecule has 0 radical (unpaired) electrons. The van der Waals surface area contributed by atoms with Crippen LogP contribution >= 0.6 is 0 Å². The zero-order valence-corrected chi connectivity index (χ0v) is 15.8. The highest BCUT2D eigenvalue weighted by molar-refractivity contribution is 5.94. The van der Waals surface area contributed by atoms with Crippen LogP contribution in [-0.4, -0.2) is 4.98 Å². The lowest BCUT2D eigenvalue weighted by Gasteiger charge is -2.39. The van der Waals surface area contributed by atoms with E-state index < -0.39 is 0 Å². The van der Waals surface area contributed by atoms with E-state index in [1.54, 1.807) is 6.20 Å². The molecule has 0 saturated heterocycles. The van der Waals surface area contributed by atoms with Gasteiger partial charge in [0.25, 0.3) is 0 Å². The molecule has 3 aromatic rings. The summed E-state index contributed by atoms with van der Waals surface area (Å²) < 4.78 is 0. The van der Waals surface area contributed by atoms with Crippen molar-refractivity contribution in [2.24, 2.45) is 5.73 Å². The van der Waals surface area contributed by atoms with E-state index in [1.165, 1.54) is 12.0 Å². The highest BCUT2D eigenvalue weighted by atomic mass is 15.2. The predicted octanol–water partition coefficient (Wildman–Crippen LogP) is 4.52. The highest BCUT2D eigenvalue weighted by Gasteiger charge is 2.34. The van der Waals surface area contributed by atoms with Gasteiger partial charge in [-0.2, -0.15) is 0 Å². The van der Waals surface area contributed by atoms with Crippen LogP contribution in [0.3, 0.4) is 0 Å². The third-order valence-electron chi connectivity index (χ3n) is 6.06. The van der Waals surface area contributed by atoms with E-state index in [0.29, 0.717) is 6.54 Å². The second-order valence-corrected chi connectivity index (χ2v) is 7.80. The van der Waals surface area contributed by atoms with Crippen molar-refractivity contribution in [1.82, 2.24) is 4.98 Å². The van der Waals surface area contributed by atoms with E-state index in [-0.39, 0.29) is 5.54 Å². The van der Waals surface area contributed by atoms with Crippen LogP contribution in [0.25, 0.3) is 11.8 Å². The minimum Gasteiger partial charge on any atom is -0.398 e. The Morgan fingerprint density at radius 1 is 0.929 bits per heavy atom. The summed E-state index contributed by atoms with van der Waals surface area (Å²) in [5, 5.41) is 0. The van der Waals surface area contributed by atoms with Gasteiger partial charge in [0.05, 0.1) is 12.2 Å². The Morgan fingerprint density at radius 3 is 2.36 bits per heavy atom. The first-order valence-corrected chi connectivity index (χ1v) is 9.81. The van der Waals surface area contributed by atoms with E-state index in [1.807, 2.05) is 12.1 Å². The van der Waals surface area contributed by atoms with Gasteiger partial charge in [-0.3, -0.25) is 4.98 Å². The fraction of sp³-hybridized carbons (Fsp3) is 0.208. The maximum Gasteiger partial charge on any atom is 0.0694 e. The molecule has 5 rings (SSSR count). The van der Waals surface area contributed by atoms with Crippen LogP contribution in [0.15, 0.2) is 66.9 Å². The van der Waals surface area contributed by atoms with Gasteiger partial charge in [0.2, 0.25) is 0 Å².